The van der Waals surface area contributed by atoms with Gasteiger partial charge in [-0.25, -0.2) is 4.39 Å². The van der Waals surface area contributed by atoms with Crippen LogP contribution in [0, 0.1) is 5.82 Å². The molecule has 0 aliphatic rings. The molecule has 2 rings (SSSR count). The van der Waals surface area contributed by atoms with E-state index < -0.39 is 0 Å². The first-order chi connectivity index (χ1) is 8.59. The molecule has 0 heterocycles. The van der Waals surface area contributed by atoms with Gasteiger partial charge in [-0.15, -0.1) is 0 Å². The summed E-state index contributed by atoms with van der Waals surface area (Å²) in [6.07, 6.45) is 0.752. The maximum absolute atomic E-state index is 14.0. The highest BCUT2D eigenvalue weighted by Crippen LogP contribution is 2.22. The van der Waals surface area contributed by atoms with E-state index in [1.807, 2.05) is 30.3 Å². The second-order valence-corrected chi connectivity index (χ2v) is 5.07. The van der Waals surface area contributed by atoms with Gasteiger partial charge in [-0.1, -0.05) is 30.3 Å². The predicted molar refractivity (Wildman–Crippen MR) is 75.4 cm³/mol. The normalized spacial score (nSPS) is 11.7. The Morgan fingerprint density at radius 3 is 2.56 bits per heavy atom. The second-order valence-electron chi connectivity index (χ2n) is 5.07. The summed E-state index contributed by atoms with van der Waals surface area (Å²) in [5, 5.41) is 2.15. The largest absolute Gasteiger partial charge is 0.304 e. The highest BCUT2D eigenvalue weighted by Gasteiger charge is 2.09. The molecule has 0 unspecified atom stereocenters. The van der Waals surface area contributed by atoms with Gasteiger partial charge in [0.1, 0.15) is 5.82 Å². The highest BCUT2D eigenvalue weighted by molar-refractivity contribution is 5.85. The molecular formula is C16H20FN. The van der Waals surface area contributed by atoms with Crippen molar-refractivity contribution >= 4 is 10.8 Å². The minimum Gasteiger partial charge on any atom is -0.304 e. The highest BCUT2D eigenvalue weighted by atomic mass is 19.1. The summed E-state index contributed by atoms with van der Waals surface area (Å²) >= 11 is 0. The number of likely N-dealkylation sites (N-methyl/N-ethyl adjacent to an activating group) is 1. The molecule has 0 fully saturated rings. The minimum atomic E-state index is -0.0918. The Labute approximate surface area is 108 Å². The van der Waals surface area contributed by atoms with E-state index in [4.69, 9.17) is 0 Å². The zero-order chi connectivity index (χ0) is 13.1. The number of nitrogens with zero attached hydrogens (tertiary/aromatic N) is 1. The molecule has 0 saturated heterocycles. The first-order valence-corrected chi connectivity index (χ1v) is 6.46. The Kier molecular flexibility index (Phi) is 3.97. The van der Waals surface area contributed by atoms with Crippen LogP contribution in [0.5, 0.6) is 0 Å². The van der Waals surface area contributed by atoms with Crippen molar-refractivity contribution in [2.24, 2.45) is 0 Å². The van der Waals surface area contributed by atoms with Gasteiger partial charge < -0.3 is 4.90 Å². The van der Waals surface area contributed by atoms with Crippen LogP contribution < -0.4 is 0 Å². The quantitative estimate of drug-likeness (QED) is 0.790. The van der Waals surface area contributed by atoms with Crippen molar-refractivity contribution < 1.29 is 4.39 Å². The van der Waals surface area contributed by atoms with Gasteiger partial charge in [-0.2, -0.15) is 0 Å². The molecule has 0 aliphatic carbocycles. The molecule has 0 bridgehead atoms. The van der Waals surface area contributed by atoms with Gasteiger partial charge in [0.15, 0.2) is 0 Å². The Balaban J connectivity index is 2.29. The first-order valence-electron chi connectivity index (χ1n) is 6.46. The third kappa shape index (κ3) is 2.70. The topological polar surface area (TPSA) is 3.24 Å². The van der Waals surface area contributed by atoms with Crippen LogP contribution in [0.1, 0.15) is 19.4 Å². The van der Waals surface area contributed by atoms with E-state index in [0.717, 1.165) is 29.3 Å². The van der Waals surface area contributed by atoms with Crippen LogP contribution in [0.25, 0.3) is 10.8 Å². The van der Waals surface area contributed by atoms with E-state index in [1.165, 1.54) is 0 Å². The van der Waals surface area contributed by atoms with Gasteiger partial charge in [-0.3, -0.25) is 0 Å². The zero-order valence-electron chi connectivity index (χ0n) is 11.3. The van der Waals surface area contributed by atoms with Crippen molar-refractivity contribution in [3.63, 3.8) is 0 Å². The van der Waals surface area contributed by atoms with E-state index in [9.17, 15) is 4.39 Å². The lowest BCUT2D eigenvalue weighted by Gasteiger charge is -2.21. The van der Waals surface area contributed by atoms with E-state index in [0.29, 0.717) is 6.04 Å². The average molecular weight is 245 g/mol. The molecule has 1 nitrogen and oxygen atoms in total. The SMILES string of the molecule is CC(C)N(C)CCc1c(F)ccc2ccccc12. The fourth-order valence-electron chi connectivity index (χ4n) is 2.11. The molecule has 0 atom stereocenters. The third-order valence-corrected chi connectivity index (χ3v) is 3.58. The average Bonchev–Trinajstić information content (AvgIpc) is 2.37. The van der Waals surface area contributed by atoms with Crippen LogP contribution in [0.4, 0.5) is 4.39 Å². The van der Waals surface area contributed by atoms with Crippen molar-refractivity contribution in [3.8, 4) is 0 Å². The molecule has 0 saturated carbocycles. The van der Waals surface area contributed by atoms with E-state index in [1.54, 1.807) is 6.07 Å². The van der Waals surface area contributed by atoms with Crippen molar-refractivity contribution in [2.75, 3.05) is 13.6 Å². The van der Waals surface area contributed by atoms with Gasteiger partial charge in [0.2, 0.25) is 0 Å². The maximum Gasteiger partial charge on any atom is 0.127 e. The molecule has 0 aliphatic heterocycles. The van der Waals surface area contributed by atoms with Gasteiger partial charge in [0.25, 0.3) is 0 Å². The number of hydrogen-bond acceptors (Lipinski definition) is 1. The number of rotatable bonds is 4. The lowest BCUT2D eigenvalue weighted by atomic mass is 10.0. The summed E-state index contributed by atoms with van der Waals surface area (Å²) in [7, 11) is 2.08. The molecule has 2 aromatic carbocycles. The van der Waals surface area contributed by atoms with Crippen LogP contribution in [-0.2, 0) is 6.42 Å². The molecule has 2 heteroatoms. The number of benzene rings is 2. The van der Waals surface area contributed by atoms with Gasteiger partial charge in [-0.05, 0) is 49.7 Å². The first kappa shape index (κ1) is 13.0. The molecule has 96 valence electrons. The Bertz CT molecular complexity index is 534. The van der Waals surface area contributed by atoms with Crippen LogP contribution in [0.3, 0.4) is 0 Å². The molecule has 0 radical (unpaired) electrons. The standard InChI is InChI=1S/C16H20FN/c1-12(2)18(3)11-10-15-14-7-5-4-6-13(14)8-9-16(15)17/h4-9,12H,10-11H2,1-3H3. The fraction of sp³-hybridized carbons (Fsp3) is 0.375. The summed E-state index contributed by atoms with van der Waals surface area (Å²) in [5.41, 5.74) is 0.834. The van der Waals surface area contributed by atoms with Crippen LogP contribution in [0.2, 0.25) is 0 Å². The van der Waals surface area contributed by atoms with Gasteiger partial charge >= 0.3 is 0 Å². The lowest BCUT2D eigenvalue weighted by Crippen LogP contribution is -2.28. The van der Waals surface area contributed by atoms with Crippen LogP contribution in [-0.4, -0.2) is 24.5 Å². The van der Waals surface area contributed by atoms with Crippen LogP contribution in [0.15, 0.2) is 36.4 Å². The Morgan fingerprint density at radius 2 is 1.83 bits per heavy atom. The van der Waals surface area contributed by atoms with Crippen molar-refractivity contribution in [1.82, 2.24) is 4.90 Å². The number of halogens is 1. The maximum atomic E-state index is 14.0. The van der Waals surface area contributed by atoms with E-state index in [2.05, 4.69) is 25.8 Å². The molecule has 0 aromatic heterocycles. The van der Waals surface area contributed by atoms with Gasteiger partial charge in [0, 0.05) is 12.6 Å². The van der Waals surface area contributed by atoms with Crippen molar-refractivity contribution in [3.05, 3.63) is 47.8 Å². The van der Waals surface area contributed by atoms with E-state index >= 15 is 0 Å². The monoisotopic (exact) mass is 245 g/mol. The molecule has 0 amide bonds. The molecule has 18 heavy (non-hydrogen) atoms. The Hall–Kier alpha value is -1.41. The third-order valence-electron chi connectivity index (χ3n) is 3.58. The summed E-state index contributed by atoms with van der Waals surface area (Å²) in [6, 6.07) is 11.9. The number of fused-ring (bicyclic) bond motifs is 1. The zero-order valence-corrected chi connectivity index (χ0v) is 11.3. The fourth-order valence-corrected chi connectivity index (χ4v) is 2.11. The van der Waals surface area contributed by atoms with Crippen molar-refractivity contribution in [2.45, 2.75) is 26.3 Å². The van der Waals surface area contributed by atoms with Crippen LogP contribution >= 0.6 is 0 Å². The van der Waals surface area contributed by atoms with Crippen molar-refractivity contribution in [1.29, 1.82) is 0 Å². The molecule has 0 spiro atoms. The second kappa shape index (κ2) is 5.49. The summed E-state index contributed by atoms with van der Waals surface area (Å²) in [5.74, 6) is -0.0918. The van der Waals surface area contributed by atoms with E-state index in [-0.39, 0.29) is 5.82 Å². The number of hydrogen-bond donors (Lipinski definition) is 0. The minimum absolute atomic E-state index is 0.0918. The molecule has 2 aromatic rings. The smallest absolute Gasteiger partial charge is 0.127 e. The molecule has 0 N–H and O–H groups in total. The summed E-state index contributed by atoms with van der Waals surface area (Å²) in [4.78, 5) is 2.24. The lowest BCUT2D eigenvalue weighted by molar-refractivity contribution is 0.277. The molecular weight excluding hydrogens is 225 g/mol. The van der Waals surface area contributed by atoms with Gasteiger partial charge in [0.05, 0.1) is 0 Å². The summed E-state index contributed by atoms with van der Waals surface area (Å²) < 4.78 is 14.0. The summed E-state index contributed by atoms with van der Waals surface area (Å²) in [6.45, 7) is 5.18. The predicted octanol–water partition coefficient (Wildman–Crippen LogP) is 3.86. The Morgan fingerprint density at radius 1 is 1.11 bits per heavy atom.